The predicted octanol–water partition coefficient (Wildman–Crippen LogP) is 2.18. The Morgan fingerprint density at radius 1 is 1.31 bits per heavy atom. The summed E-state index contributed by atoms with van der Waals surface area (Å²) in [7, 11) is 0. The van der Waals surface area contributed by atoms with Crippen LogP contribution in [0.5, 0.6) is 0 Å². The molecule has 0 atom stereocenters. The lowest BCUT2D eigenvalue weighted by molar-refractivity contribution is -0.123. The second-order valence-electron chi connectivity index (χ2n) is 3.32. The number of nitrogens with two attached hydrogens (primary N) is 1. The van der Waals surface area contributed by atoms with Crippen molar-refractivity contribution in [1.29, 1.82) is 0 Å². The summed E-state index contributed by atoms with van der Waals surface area (Å²) in [6, 6.07) is 4.83. The molecule has 0 heterocycles. The average Bonchev–Trinajstić information content (AvgIpc) is 2.20. The van der Waals surface area contributed by atoms with Gasteiger partial charge in [-0.25, -0.2) is 0 Å². The first-order valence-corrected chi connectivity index (χ1v) is 5.28. The predicted molar refractivity (Wildman–Crippen MR) is 63.3 cm³/mol. The molecule has 85 valence electrons. The Morgan fingerprint density at radius 2 is 1.94 bits per heavy atom. The maximum absolute atomic E-state index is 11.6. The van der Waals surface area contributed by atoms with E-state index in [1.807, 2.05) is 0 Å². The van der Waals surface area contributed by atoms with E-state index in [4.69, 9.17) is 28.9 Å². The van der Waals surface area contributed by atoms with Crippen LogP contribution in [0.2, 0.25) is 10.0 Å². The molecule has 1 radical (unpaired) electrons. The van der Waals surface area contributed by atoms with Gasteiger partial charge in [-0.05, 0) is 24.6 Å². The molecule has 1 aromatic rings. The molecule has 0 bridgehead atoms. The van der Waals surface area contributed by atoms with Crippen molar-refractivity contribution < 1.29 is 9.59 Å². The number of primary amides is 1. The molecule has 0 saturated carbocycles. The van der Waals surface area contributed by atoms with Crippen molar-refractivity contribution in [2.75, 3.05) is 0 Å². The zero-order chi connectivity index (χ0) is 12.3. The Bertz CT molecular complexity index is 432. The molecular formula is C11H10Cl2NO2. The van der Waals surface area contributed by atoms with Crippen LogP contribution in [-0.4, -0.2) is 11.7 Å². The van der Waals surface area contributed by atoms with Crippen molar-refractivity contribution in [1.82, 2.24) is 0 Å². The van der Waals surface area contributed by atoms with Gasteiger partial charge in [-0.2, -0.15) is 0 Å². The molecule has 1 amide bonds. The largest absolute Gasteiger partial charge is 0.369 e. The minimum Gasteiger partial charge on any atom is -0.369 e. The highest BCUT2D eigenvalue weighted by molar-refractivity contribution is 6.35. The van der Waals surface area contributed by atoms with Crippen LogP contribution >= 0.6 is 23.2 Å². The summed E-state index contributed by atoms with van der Waals surface area (Å²) in [4.78, 5) is 22.3. The topological polar surface area (TPSA) is 60.2 Å². The summed E-state index contributed by atoms with van der Waals surface area (Å²) in [6.45, 7) is 1.40. The van der Waals surface area contributed by atoms with Gasteiger partial charge in [-0.3, -0.25) is 9.59 Å². The smallest absolute Gasteiger partial charge is 0.232 e. The SMILES string of the molecule is C[C](C(N)=O)C(=O)Cc1ccc(Cl)cc1Cl. The third-order valence-electron chi connectivity index (χ3n) is 2.15. The molecule has 1 aromatic carbocycles. The van der Waals surface area contributed by atoms with Crippen LogP contribution in [0.25, 0.3) is 0 Å². The number of rotatable bonds is 4. The molecule has 0 aliphatic heterocycles. The van der Waals surface area contributed by atoms with E-state index in [9.17, 15) is 9.59 Å². The Hall–Kier alpha value is -1.06. The van der Waals surface area contributed by atoms with Gasteiger partial charge < -0.3 is 5.73 Å². The molecule has 5 heteroatoms. The molecular weight excluding hydrogens is 249 g/mol. The van der Waals surface area contributed by atoms with Gasteiger partial charge >= 0.3 is 0 Å². The van der Waals surface area contributed by atoms with Gasteiger partial charge in [0.25, 0.3) is 0 Å². The zero-order valence-corrected chi connectivity index (χ0v) is 10.1. The molecule has 1 rings (SSSR count). The van der Waals surface area contributed by atoms with Gasteiger partial charge in [-0.15, -0.1) is 0 Å². The van der Waals surface area contributed by atoms with Gasteiger partial charge in [0, 0.05) is 16.5 Å². The molecule has 0 fully saturated rings. The number of hydrogen-bond acceptors (Lipinski definition) is 2. The molecule has 0 aromatic heterocycles. The molecule has 0 spiro atoms. The average molecular weight is 259 g/mol. The lowest BCUT2D eigenvalue weighted by Crippen LogP contribution is -2.26. The van der Waals surface area contributed by atoms with Gasteiger partial charge in [0.2, 0.25) is 5.91 Å². The number of hydrogen-bond donors (Lipinski definition) is 1. The third kappa shape index (κ3) is 3.22. The number of ketones is 1. The number of amides is 1. The molecule has 0 aliphatic carbocycles. The fraction of sp³-hybridized carbons (Fsp3) is 0.182. The van der Waals surface area contributed by atoms with Crippen LogP contribution in [0, 0.1) is 5.92 Å². The first-order valence-electron chi connectivity index (χ1n) is 4.52. The van der Waals surface area contributed by atoms with Crippen molar-refractivity contribution >= 4 is 34.9 Å². The molecule has 0 saturated heterocycles. The fourth-order valence-corrected chi connectivity index (χ4v) is 1.58. The molecule has 0 unspecified atom stereocenters. The molecule has 16 heavy (non-hydrogen) atoms. The van der Waals surface area contributed by atoms with Crippen LogP contribution in [0.1, 0.15) is 12.5 Å². The van der Waals surface area contributed by atoms with E-state index >= 15 is 0 Å². The zero-order valence-electron chi connectivity index (χ0n) is 8.59. The first kappa shape index (κ1) is 13.0. The van der Waals surface area contributed by atoms with E-state index in [2.05, 4.69) is 0 Å². The van der Waals surface area contributed by atoms with E-state index in [0.717, 1.165) is 0 Å². The normalized spacial score (nSPS) is 10.5. The summed E-state index contributed by atoms with van der Waals surface area (Å²) in [6.07, 6.45) is 0.0464. The molecule has 3 nitrogen and oxygen atoms in total. The number of carbonyl (C=O) groups is 2. The summed E-state index contributed by atoms with van der Waals surface area (Å²) in [5.74, 6) is -1.03. The highest BCUT2D eigenvalue weighted by Crippen LogP contribution is 2.22. The second-order valence-corrected chi connectivity index (χ2v) is 4.17. The first-order chi connectivity index (χ1) is 7.41. The van der Waals surface area contributed by atoms with E-state index in [1.165, 1.54) is 6.92 Å². The number of Topliss-reactive ketones (excluding diaryl/α,β-unsaturated/α-hetero) is 1. The summed E-state index contributed by atoms with van der Waals surface area (Å²) >= 11 is 11.6. The lowest BCUT2D eigenvalue weighted by Gasteiger charge is -2.07. The van der Waals surface area contributed by atoms with Crippen molar-refractivity contribution in [2.45, 2.75) is 13.3 Å². The van der Waals surface area contributed by atoms with Gasteiger partial charge in [0.15, 0.2) is 5.78 Å². The third-order valence-corrected chi connectivity index (χ3v) is 2.74. The van der Waals surface area contributed by atoms with Crippen LogP contribution in [0.15, 0.2) is 18.2 Å². The molecule has 0 aliphatic rings. The Kier molecular flexibility index (Phi) is 4.33. The van der Waals surface area contributed by atoms with E-state index in [-0.39, 0.29) is 18.1 Å². The van der Waals surface area contributed by atoms with Crippen molar-refractivity contribution in [3.05, 3.63) is 39.7 Å². The summed E-state index contributed by atoms with van der Waals surface area (Å²) in [5.41, 5.74) is 5.62. The van der Waals surface area contributed by atoms with Crippen LogP contribution in [0.4, 0.5) is 0 Å². The number of carbonyl (C=O) groups excluding carboxylic acids is 2. The number of benzene rings is 1. The lowest BCUT2D eigenvalue weighted by atomic mass is 9.99. The highest BCUT2D eigenvalue weighted by Gasteiger charge is 2.20. The van der Waals surface area contributed by atoms with Crippen LogP contribution < -0.4 is 5.73 Å². The Morgan fingerprint density at radius 3 is 2.44 bits per heavy atom. The highest BCUT2D eigenvalue weighted by atomic mass is 35.5. The quantitative estimate of drug-likeness (QED) is 0.842. The van der Waals surface area contributed by atoms with Crippen molar-refractivity contribution in [3.8, 4) is 0 Å². The Balaban J connectivity index is 2.81. The standard InChI is InChI=1S/C11H10Cl2NO2/c1-6(11(14)16)10(15)4-7-2-3-8(12)5-9(7)13/h2-3,5H,4H2,1H3,(H2,14,16). The van der Waals surface area contributed by atoms with Crippen molar-refractivity contribution in [2.24, 2.45) is 5.73 Å². The fourth-order valence-electron chi connectivity index (χ4n) is 1.11. The monoisotopic (exact) mass is 258 g/mol. The van der Waals surface area contributed by atoms with Crippen LogP contribution in [-0.2, 0) is 16.0 Å². The Labute approximate surface area is 104 Å². The van der Waals surface area contributed by atoms with Gasteiger partial charge in [0.05, 0.1) is 0 Å². The second kappa shape index (κ2) is 5.32. The minimum absolute atomic E-state index is 0.0195. The van der Waals surface area contributed by atoms with E-state index < -0.39 is 5.91 Å². The van der Waals surface area contributed by atoms with Crippen LogP contribution in [0.3, 0.4) is 0 Å². The van der Waals surface area contributed by atoms with Gasteiger partial charge in [-0.1, -0.05) is 29.3 Å². The number of halogens is 2. The summed E-state index contributed by atoms with van der Waals surface area (Å²) in [5, 5.41) is 0.898. The maximum atomic E-state index is 11.6. The van der Waals surface area contributed by atoms with Gasteiger partial charge in [0.1, 0.15) is 5.92 Å². The van der Waals surface area contributed by atoms with Crippen molar-refractivity contribution in [3.63, 3.8) is 0 Å². The minimum atomic E-state index is -0.713. The molecule has 2 N–H and O–H groups in total. The summed E-state index contributed by atoms with van der Waals surface area (Å²) < 4.78 is 0. The van der Waals surface area contributed by atoms with E-state index in [0.29, 0.717) is 15.6 Å². The maximum Gasteiger partial charge on any atom is 0.232 e. The van der Waals surface area contributed by atoms with E-state index in [1.54, 1.807) is 18.2 Å².